The molecule has 0 unspecified atom stereocenters. The molecule has 1 aliphatic rings. The fourth-order valence-corrected chi connectivity index (χ4v) is 3.01. The van der Waals surface area contributed by atoms with Crippen LogP contribution in [0.2, 0.25) is 0 Å². The van der Waals surface area contributed by atoms with Crippen molar-refractivity contribution in [2.75, 3.05) is 31.6 Å². The predicted molar refractivity (Wildman–Crippen MR) is 97.8 cm³/mol. The fourth-order valence-electron chi connectivity index (χ4n) is 3.01. The molecule has 3 heterocycles. The topological polar surface area (TPSA) is 76.9 Å². The average molecular weight is 344 g/mol. The Morgan fingerprint density at radius 1 is 1.32 bits per heavy atom. The molecule has 2 aromatic heterocycles. The number of nitrogens with zero attached hydrogens (tertiary/aromatic N) is 4. The Balaban J connectivity index is 1.78. The van der Waals surface area contributed by atoms with Gasteiger partial charge in [-0.1, -0.05) is 0 Å². The first kappa shape index (κ1) is 17.8. The number of rotatable bonds is 7. The smallest absolute Gasteiger partial charge is 0.156 e. The predicted octanol–water partition coefficient (Wildman–Crippen LogP) is 1.88. The highest BCUT2D eigenvalue weighted by atomic mass is 16.5. The highest BCUT2D eigenvalue weighted by molar-refractivity contribution is 5.47. The van der Waals surface area contributed by atoms with E-state index in [1.165, 1.54) is 11.1 Å². The minimum absolute atomic E-state index is 0.249. The van der Waals surface area contributed by atoms with Crippen LogP contribution in [-0.4, -0.2) is 46.0 Å². The zero-order valence-corrected chi connectivity index (χ0v) is 15.4. The number of hydrogen-bond donors (Lipinski definition) is 2. The molecule has 0 saturated heterocycles. The van der Waals surface area contributed by atoms with Crippen molar-refractivity contribution in [1.82, 2.24) is 25.1 Å². The van der Waals surface area contributed by atoms with E-state index in [9.17, 15) is 0 Å². The zero-order chi connectivity index (χ0) is 17.6. The van der Waals surface area contributed by atoms with Crippen molar-refractivity contribution in [2.45, 2.75) is 46.3 Å². The minimum Gasteiger partial charge on any atom is -0.374 e. The fraction of sp³-hybridized carbons (Fsp3) is 0.611. The van der Waals surface area contributed by atoms with E-state index in [2.05, 4.69) is 35.8 Å². The first-order chi connectivity index (χ1) is 12.2. The Morgan fingerprint density at radius 3 is 2.92 bits per heavy atom. The molecular weight excluding hydrogens is 316 g/mol. The monoisotopic (exact) mass is 344 g/mol. The van der Waals surface area contributed by atoms with Gasteiger partial charge in [0.2, 0.25) is 0 Å². The molecule has 0 aliphatic carbocycles. The Morgan fingerprint density at radius 2 is 2.16 bits per heavy atom. The normalized spacial score (nSPS) is 15.5. The van der Waals surface area contributed by atoms with Crippen LogP contribution in [0.25, 0.3) is 0 Å². The van der Waals surface area contributed by atoms with Crippen LogP contribution >= 0.6 is 0 Å². The standard InChI is InChI=1S/C18H28N6O/c1-4-25-12-17-22-16-6-8-19-7-5-15(16)18(23-17)20-10-14(3)24-11-13(2)9-21-24/h9,11,14,19H,4-8,10,12H2,1-3H3,(H,20,22,23)/t14-/m1/s1. The SMILES string of the molecule is CCOCc1nc2c(c(NC[C@@H](C)n3cc(C)cn3)n1)CCNCC2. The van der Waals surface area contributed by atoms with Gasteiger partial charge in [-0.05, 0) is 39.3 Å². The summed E-state index contributed by atoms with van der Waals surface area (Å²) in [5.41, 5.74) is 3.54. The molecule has 2 N–H and O–H groups in total. The van der Waals surface area contributed by atoms with E-state index in [1.54, 1.807) is 0 Å². The molecule has 2 aromatic rings. The Hall–Kier alpha value is -1.99. The molecule has 1 atom stereocenters. The molecule has 136 valence electrons. The first-order valence-corrected chi connectivity index (χ1v) is 9.09. The quantitative estimate of drug-likeness (QED) is 0.799. The molecule has 0 bridgehead atoms. The molecule has 3 rings (SSSR count). The van der Waals surface area contributed by atoms with Crippen LogP contribution in [-0.2, 0) is 24.2 Å². The molecule has 0 saturated carbocycles. The molecule has 0 spiro atoms. The van der Waals surface area contributed by atoms with Crippen molar-refractivity contribution < 1.29 is 4.74 Å². The van der Waals surface area contributed by atoms with Gasteiger partial charge in [0, 0.05) is 37.9 Å². The van der Waals surface area contributed by atoms with Crippen molar-refractivity contribution in [1.29, 1.82) is 0 Å². The third-order valence-electron chi connectivity index (χ3n) is 4.41. The average Bonchev–Trinajstić information content (AvgIpc) is 2.91. The molecule has 7 nitrogen and oxygen atoms in total. The van der Waals surface area contributed by atoms with Gasteiger partial charge in [0.15, 0.2) is 5.82 Å². The van der Waals surface area contributed by atoms with Crippen LogP contribution in [0, 0.1) is 6.92 Å². The maximum Gasteiger partial charge on any atom is 0.156 e. The number of aryl methyl sites for hydroxylation is 1. The van der Waals surface area contributed by atoms with Gasteiger partial charge in [0.05, 0.1) is 17.9 Å². The summed E-state index contributed by atoms with van der Waals surface area (Å²) >= 11 is 0. The maximum atomic E-state index is 5.51. The second-order valence-electron chi connectivity index (χ2n) is 6.53. The van der Waals surface area contributed by atoms with Gasteiger partial charge >= 0.3 is 0 Å². The van der Waals surface area contributed by atoms with Crippen LogP contribution in [0.4, 0.5) is 5.82 Å². The number of aromatic nitrogens is 4. The molecule has 7 heteroatoms. The lowest BCUT2D eigenvalue weighted by Crippen LogP contribution is -2.20. The van der Waals surface area contributed by atoms with Gasteiger partial charge in [0.1, 0.15) is 12.4 Å². The molecule has 0 amide bonds. The van der Waals surface area contributed by atoms with Gasteiger partial charge in [-0.25, -0.2) is 9.97 Å². The summed E-state index contributed by atoms with van der Waals surface area (Å²) in [6.45, 7) is 10.0. The summed E-state index contributed by atoms with van der Waals surface area (Å²) in [7, 11) is 0. The van der Waals surface area contributed by atoms with E-state index in [4.69, 9.17) is 14.7 Å². The van der Waals surface area contributed by atoms with E-state index in [-0.39, 0.29) is 6.04 Å². The van der Waals surface area contributed by atoms with E-state index >= 15 is 0 Å². The lowest BCUT2D eigenvalue weighted by Gasteiger charge is -2.18. The van der Waals surface area contributed by atoms with Gasteiger partial charge in [0.25, 0.3) is 0 Å². The van der Waals surface area contributed by atoms with Crippen molar-refractivity contribution in [3.05, 3.63) is 35.0 Å². The van der Waals surface area contributed by atoms with Crippen molar-refractivity contribution >= 4 is 5.82 Å². The van der Waals surface area contributed by atoms with Crippen LogP contribution < -0.4 is 10.6 Å². The van der Waals surface area contributed by atoms with E-state index < -0.39 is 0 Å². The lowest BCUT2D eigenvalue weighted by atomic mass is 10.1. The molecular formula is C18H28N6O. The minimum atomic E-state index is 0.249. The molecule has 1 aliphatic heterocycles. The van der Waals surface area contributed by atoms with Crippen molar-refractivity contribution in [2.24, 2.45) is 0 Å². The zero-order valence-electron chi connectivity index (χ0n) is 15.4. The second-order valence-corrected chi connectivity index (χ2v) is 6.53. The van der Waals surface area contributed by atoms with Gasteiger partial charge in [-0.3, -0.25) is 4.68 Å². The van der Waals surface area contributed by atoms with E-state index in [0.29, 0.717) is 13.2 Å². The lowest BCUT2D eigenvalue weighted by molar-refractivity contribution is 0.128. The van der Waals surface area contributed by atoms with E-state index in [0.717, 1.165) is 49.8 Å². The summed E-state index contributed by atoms with van der Waals surface area (Å²) in [6.07, 6.45) is 5.83. The van der Waals surface area contributed by atoms with Gasteiger partial charge in [-0.2, -0.15) is 5.10 Å². The molecule has 0 aromatic carbocycles. The number of nitrogens with one attached hydrogen (secondary N) is 2. The van der Waals surface area contributed by atoms with Crippen molar-refractivity contribution in [3.63, 3.8) is 0 Å². The number of anilines is 1. The second kappa shape index (κ2) is 8.40. The first-order valence-electron chi connectivity index (χ1n) is 9.09. The largest absolute Gasteiger partial charge is 0.374 e. The number of fused-ring (bicyclic) bond motifs is 1. The molecule has 25 heavy (non-hydrogen) atoms. The highest BCUT2D eigenvalue weighted by Gasteiger charge is 2.17. The van der Waals surface area contributed by atoms with Crippen LogP contribution in [0.3, 0.4) is 0 Å². The Labute approximate surface area is 149 Å². The Bertz CT molecular complexity index is 699. The molecule has 0 radical (unpaired) electrons. The number of ether oxygens (including phenoxy) is 1. The highest BCUT2D eigenvalue weighted by Crippen LogP contribution is 2.21. The van der Waals surface area contributed by atoms with E-state index in [1.807, 2.05) is 17.8 Å². The third-order valence-corrected chi connectivity index (χ3v) is 4.41. The molecule has 0 fully saturated rings. The summed E-state index contributed by atoms with van der Waals surface area (Å²) in [5.74, 6) is 1.70. The Kier molecular flexibility index (Phi) is 5.99. The maximum absolute atomic E-state index is 5.51. The summed E-state index contributed by atoms with van der Waals surface area (Å²) in [4.78, 5) is 9.46. The van der Waals surface area contributed by atoms with Crippen LogP contribution in [0.1, 0.15) is 42.5 Å². The summed E-state index contributed by atoms with van der Waals surface area (Å²) < 4.78 is 7.50. The summed E-state index contributed by atoms with van der Waals surface area (Å²) in [5, 5.41) is 11.4. The van der Waals surface area contributed by atoms with Gasteiger partial charge < -0.3 is 15.4 Å². The third kappa shape index (κ3) is 4.55. The summed E-state index contributed by atoms with van der Waals surface area (Å²) in [6, 6.07) is 0.249. The van der Waals surface area contributed by atoms with Crippen molar-refractivity contribution in [3.8, 4) is 0 Å². The van der Waals surface area contributed by atoms with Gasteiger partial charge in [-0.15, -0.1) is 0 Å². The number of hydrogen-bond acceptors (Lipinski definition) is 6. The van der Waals surface area contributed by atoms with Crippen LogP contribution in [0.5, 0.6) is 0 Å². The van der Waals surface area contributed by atoms with Crippen LogP contribution in [0.15, 0.2) is 12.4 Å².